The van der Waals surface area contributed by atoms with Crippen molar-refractivity contribution in [2.45, 2.75) is 45.6 Å². The third-order valence-electron chi connectivity index (χ3n) is 4.19. The number of hydrogen-bond donors (Lipinski definition) is 1. The Morgan fingerprint density at radius 2 is 2.13 bits per heavy atom. The fourth-order valence-electron chi connectivity index (χ4n) is 3.13. The third kappa shape index (κ3) is 2.73. The first-order valence-corrected chi connectivity index (χ1v) is 6.76. The summed E-state index contributed by atoms with van der Waals surface area (Å²) in [7, 11) is 0. The zero-order valence-corrected chi connectivity index (χ0v) is 10.3. The zero-order chi connectivity index (χ0) is 10.7. The number of nitrogens with zero attached hydrogens (tertiary/aromatic N) is 1. The topological polar surface area (TPSA) is 15.3 Å². The maximum Gasteiger partial charge on any atom is 0.0136 e. The van der Waals surface area contributed by atoms with Gasteiger partial charge in [-0.2, -0.15) is 0 Å². The Morgan fingerprint density at radius 1 is 1.27 bits per heavy atom. The van der Waals surface area contributed by atoms with Crippen LogP contribution in [0.25, 0.3) is 0 Å². The molecule has 1 N–H and O–H groups in total. The van der Waals surface area contributed by atoms with Gasteiger partial charge in [-0.25, -0.2) is 0 Å². The molecule has 88 valence electrons. The molecule has 0 aromatic rings. The van der Waals surface area contributed by atoms with Crippen LogP contribution in [0.1, 0.15) is 39.5 Å². The first kappa shape index (κ1) is 11.4. The van der Waals surface area contributed by atoms with Crippen molar-refractivity contribution in [3.8, 4) is 0 Å². The van der Waals surface area contributed by atoms with Crippen molar-refractivity contribution in [2.75, 3.05) is 26.2 Å². The number of rotatable bonds is 4. The van der Waals surface area contributed by atoms with Gasteiger partial charge in [0.2, 0.25) is 0 Å². The summed E-state index contributed by atoms with van der Waals surface area (Å²) in [5.74, 6) is 1.87. The van der Waals surface area contributed by atoms with Gasteiger partial charge in [0.1, 0.15) is 0 Å². The highest BCUT2D eigenvalue weighted by molar-refractivity contribution is 4.91. The largest absolute Gasteiger partial charge is 0.317 e. The van der Waals surface area contributed by atoms with Crippen LogP contribution < -0.4 is 5.32 Å². The van der Waals surface area contributed by atoms with E-state index in [4.69, 9.17) is 0 Å². The summed E-state index contributed by atoms with van der Waals surface area (Å²) in [6.07, 6.45) is 5.76. The number of nitrogens with one attached hydrogen (secondary N) is 1. The van der Waals surface area contributed by atoms with Gasteiger partial charge < -0.3 is 5.32 Å². The lowest BCUT2D eigenvalue weighted by molar-refractivity contribution is 0.0318. The molecule has 3 unspecified atom stereocenters. The Bertz CT molecular complexity index is 193. The van der Waals surface area contributed by atoms with Gasteiger partial charge in [0, 0.05) is 12.6 Å². The molecule has 1 heterocycles. The number of hydrogen-bond acceptors (Lipinski definition) is 2. The van der Waals surface area contributed by atoms with Crippen LogP contribution >= 0.6 is 0 Å². The molecule has 0 bridgehead atoms. The van der Waals surface area contributed by atoms with Crippen molar-refractivity contribution < 1.29 is 0 Å². The minimum absolute atomic E-state index is 0.909. The summed E-state index contributed by atoms with van der Waals surface area (Å²) in [5.41, 5.74) is 0. The van der Waals surface area contributed by atoms with Gasteiger partial charge in [0.15, 0.2) is 0 Å². The van der Waals surface area contributed by atoms with E-state index in [-0.39, 0.29) is 0 Å². The van der Waals surface area contributed by atoms with Crippen molar-refractivity contribution in [3.05, 3.63) is 0 Å². The molecular weight excluding hydrogens is 184 g/mol. The zero-order valence-electron chi connectivity index (χ0n) is 10.3. The summed E-state index contributed by atoms with van der Waals surface area (Å²) in [4.78, 5) is 2.76. The van der Waals surface area contributed by atoms with Gasteiger partial charge >= 0.3 is 0 Å². The fourth-order valence-corrected chi connectivity index (χ4v) is 3.13. The molecule has 1 saturated carbocycles. The molecule has 2 aliphatic rings. The molecule has 2 fully saturated rings. The molecule has 2 heteroatoms. The average Bonchev–Trinajstić information content (AvgIpc) is 2.17. The van der Waals surface area contributed by atoms with E-state index in [1.54, 1.807) is 0 Å². The van der Waals surface area contributed by atoms with Crippen LogP contribution in [0.15, 0.2) is 0 Å². The molecule has 2 nitrogen and oxygen atoms in total. The Kier molecular flexibility index (Phi) is 4.04. The van der Waals surface area contributed by atoms with Crippen molar-refractivity contribution in [1.29, 1.82) is 0 Å². The molecular formula is C13H26N2. The lowest BCUT2D eigenvalue weighted by atomic mass is 9.77. The quantitative estimate of drug-likeness (QED) is 0.764. The SMILES string of the molecule is CCNCC1CCC1N1CCCC(C)C1. The molecule has 2 rings (SSSR count). The van der Waals surface area contributed by atoms with E-state index in [1.165, 1.54) is 45.3 Å². The summed E-state index contributed by atoms with van der Waals surface area (Å²) in [5, 5.41) is 3.50. The Hall–Kier alpha value is -0.0800. The molecule has 0 radical (unpaired) electrons. The van der Waals surface area contributed by atoms with Crippen molar-refractivity contribution in [2.24, 2.45) is 11.8 Å². The van der Waals surface area contributed by atoms with Crippen LogP contribution in [0.3, 0.4) is 0 Å². The molecule has 0 aromatic heterocycles. The molecule has 1 saturated heterocycles. The number of piperidine rings is 1. The molecule has 0 aromatic carbocycles. The van der Waals surface area contributed by atoms with Gasteiger partial charge in [-0.1, -0.05) is 13.8 Å². The van der Waals surface area contributed by atoms with Gasteiger partial charge in [-0.15, -0.1) is 0 Å². The van der Waals surface area contributed by atoms with E-state index in [2.05, 4.69) is 24.1 Å². The molecule has 0 amide bonds. The Labute approximate surface area is 94.4 Å². The second kappa shape index (κ2) is 5.31. The molecule has 0 spiro atoms. The first-order chi connectivity index (χ1) is 7.31. The van der Waals surface area contributed by atoms with E-state index in [1.807, 2.05) is 0 Å². The minimum Gasteiger partial charge on any atom is -0.317 e. The molecule has 1 aliphatic heterocycles. The highest BCUT2D eigenvalue weighted by atomic mass is 15.2. The van der Waals surface area contributed by atoms with Gasteiger partial charge in [0.05, 0.1) is 0 Å². The van der Waals surface area contributed by atoms with Crippen LogP contribution in [-0.2, 0) is 0 Å². The summed E-state index contributed by atoms with van der Waals surface area (Å²) in [6, 6.07) is 0.909. The van der Waals surface area contributed by atoms with E-state index in [0.29, 0.717) is 0 Å². The van der Waals surface area contributed by atoms with Gasteiger partial charge in [-0.05, 0) is 57.2 Å². The lowest BCUT2D eigenvalue weighted by Crippen LogP contribution is -2.53. The minimum atomic E-state index is 0.909. The Balaban J connectivity index is 1.77. The van der Waals surface area contributed by atoms with Gasteiger partial charge in [0.25, 0.3) is 0 Å². The maximum atomic E-state index is 3.50. The van der Waals surface area contributed by atoms with Crippen molar-refractivity contribution in [1.82, 2.24) is 10.2 Å². The highest BCUT2D eigenvalue weighted by Crippen LogP contribution is 2.34. The molecule has 3 atom stereocenters. The van der Waals surface area contributed by atoms with Crippen LogP contribution in [0.5, 0.6) is 0 Å². The van der Waals surface area contributed by atoms with E-state index in [9.17, 15) is 0 Å². The molecule has 1 aliphatic carbocycles. The summed E-state index contributed by atoms with van der Waals surface area (Å²) < 4.78 is 0. The highest BCUT2D eigenvalue weighted by Gasteiger charge is 2.36. The second-order valence-corrected chi connectivity index (χ2v) is 5.45. The Morgan fingerprint density at radius 3 is 2.73 bits per heavy atom. The fraction of sp³-hybridized carbons (Fsp3) is 1.00. The van der Waals surface area contributed by atoms with Crippen molar-refractivity contribution in [3.63, 3.8) is 0 Å². The number of likely N-dealkylation sites (tertiary alicyclic amines) is 1. The summed E-state index contributed by atoms with van der Waals surface area (Å²) >= 11 is 0. The first-order valence-electron chi connectivity index (χ1n) is 6.76. The van der Waals surface area contributed by atoms with E-state index in [0.717, 1.165) is 24.4 Å². The maximum absolute atomic E-state index is 3.50. The average molecular weight is 210 g/mol. The summed E-state index contributed by atoms with van der Waals surface area (Å²) in [6.45, 7) is 9.69. The predicted octanol–water partition coefficient (Wildman–Crippen LogP) is 2.11. The van der Waals surface area contributed by atoms with E-state index < -0.39 is 0 Å². The van der Waals surface area contributed by atoms with Crippen LogP contribution in [0.4, 0.5) is 0 Å². The monoisotopic (exact) mass is 210 g/mol. The van der Waals surface area contributed by atoms with Gasteiger partial charge in [-0.3, -0.25) is 4.90 Å². The second-order valence-electron chi connectivity index (χ2n) is 5.45. The lowest BCUT2D eigenvalue weighted by Gasteiger charge is -2.47. The normalized spacial score (nSPS) is 37.6. The van der Waals surface area contributed by atoms with Crippen LogP contribution in [0, 0.1) is 11.8 Å². The predicted molar refractivity (Wildman–Crippen MR) is 65.0 cm³/mol. The standard InChI is InChI=1S/C13H26N2/c1-3-14-9-12-6-7-13(12)15-8-4-5-11(2)10-15/h11-14H,3-10H2,1-2H3. The van der Waals surface area contributed by atoms with Crippen LogP contribution in [0.2, 0.25) is 0 Å². The van der Waals surface area contributed by atoms with E-state index >= 15 is 0 Å². The molecule has 15 heavy (non-hydrogen) atoms. The van der Waals surface area contributed by atoms with Crippen molar-refractivity contribution >= 4 is 0 Å². The van der Waals surface area contributed by atoms with Crippen LogP contribution in [-0.4, -0.2) is 37.1 Å². The smallest absolute Gasteiger partial charge is 0.0136 e. The third-order valence-corrected chi connectivity index (χ3v) is 4.19.